The second kappa shape index (κ2) is 5.92. The monoisotopic (exact) mass is 250 g/mol. The maximum absolute atomic E-state index is 3.80. The van der Waals surface area contributed by atoms with Gasteiger partial charge in [0.15, 0.2) is 0 Å². The van der Waals surface area contributed by atoms with Crippen molar-refractivity contribution in [1.29, 1.82) is 0 Å². The van der Waals surface area contributed by atoms with Gasteiger partial charge in [0.2, 0.25) is 0 Å². The number of rotatable bonds is 3. The molecule has 104 valence electrons. The Hall–Kier alpha value is -0.0800. The van der Waals surface area contributed by atoms with Gasteiger partial charge in [0.1, 0.15) is 0 Å². The molecule has 0 aromatic carbocycles. The van der Waals surface area contributed by atoms with Gasteiger partial charge in [-0.05, 0) is 57.0 Å². The lowest BCUT2D eigenvalue weighted by Crippen LogP contribution is -2.47. The quantitative estimate of drug-likeness (QED) is 0.828. The highest BCUT2D eigenvalue weighted by Crippen LogP contribution is 2.36. The van der Waals surface area contributed by atoms with Crippen molar-refractivity contribution in [2.75, 3.05) is 19.6 Å². The minimum atomic E-state index is 0.812. The summed E-state index contributed by atoms with van der Waals surface area (Å²) < 4.78 is 0. The van der Waals surface area contributed by atoms with E-state index < -0.39 is 0 Å². The first-order valence-electron chi connectivity index (χ1n) is 8.36. The number of nitrogens with one attached hydrogen (secondary N) is 1. The summed E-state index contributed by atoms with van der Waals surface area (Å²) in [6.45, 7) is 6.34. The predicted molar refractivity (Wildman–Crippen MR) is 76.7 cm³/mol. The zero-order valence-corrected chi connectivity index (χ0v) is 12.0. The second-order valence-electron chi connectivity index (χ2n) is 6.77. The molecule has 0 aromatic heterocycles. The molecule has 3 aliphatic rings. The molecule has 0 radical (unpaired) electrons. The van der Waals surface area contributed by atoms with Gasteiger partial charge in [-0.15, -0.1) is 0 Å². The normalized spacial score (nSPS) is 39.5. The topological polar surface area (TPSA) is 15.3 Å². The maximum Gasteiger partial charge on any atom is 0.0223 e. The molecule has 2 nitrogen and oxygen atoms in total. The lowest BCUT2D eigenvalue weighted by Gasteiger charge is -2.40. The molecular weight excluding hydrogens is 220 g/mol. The first-order valence-corrected chi connectivity index (χ1v) is 8.36. The molecule has 18 heavy (non-hydrogen) atoms. The van der Waals surface area contributed by atoms with Gasteiger partial charge in [0.05, 0.1) is 0 Å². The van der Waals surface area contributed by atoms with Crippen LogP contribution < -0.4 is 5.32 Å². The average Bonchev–Trinajstić information content (AvgIpc) is 3.24. The van der Waals surface area contributed by atoms with E-state index in [0.29, 0.717) is 0 Å². The first kappa shape index (κ1) is 12.9. The van der Waals surface area contributed by atoms with E-state index in [1.807, 2.05) is 0 Å². The van der Waals surface area contributed by atoms with Crippen molar-refractivity contribution in [1.82, 2.24) is 10.2 Å². The Balaban J connectivity index is 1.64. The van der Waals surface area contributed by atoms with Crippen LogP contribution in [0.3, 0.4) is 0 Å². The highest BCUT2D eigenvalue weighted by atomic mass is 15.2. The third-order valence-corrected chi connectivity index (χ3v) is 5.51. The van der Waals surface area contributed by atoms with Crippen LogP contribution in [-0.4, -0.2) is 36.6 Å². The van der Waals surface area contributed by atoms with E-state index in [2.05, 4.69) is 17.1 Å². The summed E-state index contributed by atoms with van der Waals surface area (Å²) in [7, 11) is 0. The molecule has 0 bridgehead atoms. The summed E-state index contributed by atoms with van der Waals surface area (Å²) in [4.78, 5) is 2.87. The number of hydrogen-bond acceptors (Lipinski definition) is 2. The summed E-state index contributed by atoms with van der Waals surface area (Å²) in [5, 5.41) is 3.80. The fourth-order valence-corrected chi connectivity index (χ4v) is 4.24. The van der Waals surface area contributed by atoms with Gasteiger partial charge in [-0.25, -0.2) is 0 Å². The third kappa shape index (κ3) is 2.91. The summed E-state index contributed by atoms with van der Waals surface area (Å²) in [6, 6.07) is 1.72. The van der Waals surface area contributed by atoms with E-state index in [1.54, 1.807) is 0 Å². The smallest absolute Gasteiger partial charge is 0.0223 e. The van der Waals surface area contributed by atoms with Gasteiger partial charge in [-0.3, -0.25) is 4.90 Å². The molecule has 1 heterocycles. The van der Waals surface area contributed by atoms with Gasteiger partial charge in [0, 0.05) is 18.6 Å². The predicted octanol–water partition coefficient (Wildman–Crippen LogP) is 3.03. The molecule has 0 aromatic rings. The molecule has 1 N–H and O–H groups in total. The average molecular weight is 250 g/mol. The van der Waals surface area contributed by atoms with Crippen molar-refractivity contribution < 1.29 is 0 Å². The van der Waals surface area contributed by atoms with E-state index >= 15 is 0 Å². The largest absolute Gasteiger partial charge is 0.312 e. The van der Waals surface area contributed by atoms with Gasteiger partial charge in [-0.2, -0.15) is 0 Å². The Labute approximate surface area is 113 Å². The van der Waals surface area contributed by atoms with Crippen LogP contribution in [0.4, 0.5) is 0 Å². The van der Waals surface area contributed by atoms with Crippen molar-refractivity contribution in [3.8, 4) is 0 Å². The van der Waals surface area contributed by atoms with Gasteiger partial charge >= 0.3 is 0 Å². The molecule has 2 heteroatoms. The molecule has 3 unspecified atom stereocenters. The van der Waals surface area contributed by atoms with E-state index in [0.717, 1.165) is 23.9 Å². The van der Waals surface area contributed by atoms with Crippen LogP contribution in [0.1, 0.15) is 58.3 Å². The Morgan fingerprint density at radius 3 is 2.67 bits per heavy atom. The van der Waals surface area contributed by atoms with E-state index in [4.69, 9.17) is 0 Å². The molecule has 0 amide bonds. The Bertz CT molecular complexity index is 262. The second-order valence-corrected chi connectivity index (χ2v) is 6.77. The lowest BCUT2D eigenvalue weighted by atomic mass is 9.81. The van der Waals surface area contributed by atoms with Crippen LogP contribution in [0.15, 0.2) is 0 Å². The Morgan fingerprint density at radius 1 is 1.06 bits per heavy atom. The summed E-state index contributed by atoms with van der Waals surface area (Å²) in [5.41, 5.74) is 0. The highest BCUT2D eigenvalue weighted by molar-refractivity contribution is 4.93. The molecule has 1 saturated heterocycles. The van der Waals surface area contributed by atoms with Crippen molar-refractivity contribution >= 4 is 0 Å². The number of hydrogen-bond donors (Lipinski definition) is 1. The van der Waals surface area contributed by atoms with Crippen LogP contribution >= 0.6 is 0 Å². The number of nitrogens with zero attached hydrogens (tertiary/aromatic N) is 1. The third-order valence-electron chi connectivity index (χ3n) is 5.51. The first-order chi connectivity index (χ1) is 8.88. The summed E-state index contributed by atoms with van der Waals surface area (Å²) in [6.07, 6.45) is 11.6. The van der Waals surface area contributed by atoms with Crippen LogP contribution in [0.2, 0.25) is 0 Å². The molecular formula is C16H30N2. The Morgan fingerprint density at radius 2 is 1.89 bits per heavy atom. The lowest BCUT2D eigenvalue weighted by molar-refractivity contribution is 0.0969. The van der Waals surface area contributed by atoms with Gasteiger partial charge in [-0.1, -0.05) is 26.2 Å². The van der Waals surface area contributed by atoms with Gasteiger partial charge < -0.3 is 5.32 Å². The van der Waals surface area contributed by atoms with E-state index in [9.17, 15) is 0 Å². The molecule has 2 aliphatic carbocycles. The molecule has 2 saturated carbocycles. The van der Waals surface area contributed by atoms with E-state index in [-0.39, 0.29) is 0 Å². The summed E-state index contributed by atoms with van der Waals surface area (Å²) in [5.74, 6) is 1.99. The van der Waals surface area contributed by atoms with Crippen LogP contribution in [0.5, 0.6) is 0 Å². The van der Waals surface area contributed by atoms with Crippen molar-refractivity contribution in [2.24, 2.45) is 11.8 Å². The summed E-state index contributed by atoms with van der Waals surface area (Å²) >= 11 is 0. The fourth-order valence-electron chi connectivity index (χ4n) is 4.24. The van der Waals surface area contributed by atoms with Crippen molar-refractivity contribution in [3.63, 3.8) is 0 Å². The van der Waals surface area contributed by atoms with E-state index in [1.165, 1.54) is 71.0 Å². The minimum Gasteiger partial charge on any atom is -0.312 e. The maximum atomic E-state index is 3.80. The zero-order valence-electron chi connectivity index (χ0n) is 12.0. The molecule has 3 rings (SSSR count). The molecule has 3 atom stereocenters. The standard InChI is InChI=1S/C16H30N2/c1-2-13-6-3-4-7-16(13)18-11-5-10-17-15(12-18)14-8-9-14/h13-17H,2-12H2,1H3. The highest BCUT2D eigenvalue weighted by Gasteiger charge is 2.36. The van der Waals surface area contributed by atoms with Crippen LogP contribution in [0, 0.1) is 11.8 Å². The van der Waals surface area contributed by atoms with Crippen LogP contribution in [0.25, 0.3) is 0 Å². The zero-order chi connectivity index (χ0) is 12.4. The minimum absolute atomic E-state index is 0.812. The molecule has 3 fully saturated rings. The van der Waals surface area contributed by atoms with Crippen LogP contribution in [-0.2, 0) is 0 Å². The molecule has 1 aliphatic heterocycles. The van der Waals surface area contributed by atoms with Gasteiger partial charge in [0.25, 0.3) is 0 Å². The van der Waals surface area contributed by atoms with Crippen molar-refractivity contribution in [3.05, 3.63) is 0 Å². The Kier molecular flexibility index (Phi) is 4.25. The van der Waals surface area contributed by atoms with Crippen molar-refractivity contribution in [2.45, 2.75) is 70.4 Å². The fraction of sp³-hybridized carbons (Fsp3) is 1.00. The SMILES string of the molecule is CCC1CCCCC1N1CCCNC(C2CC2)C1. The molecule has 0 spiro atoms.